The highest BCUT2D eigenvalue weighted by atomic mass is 127. The Kier molecular flexibility index (Phi) is 6.65. The van der Waals surface area contributed by atoms with E-state index in [0.717, 1.165) is 42.3 Å². The van der Waals surface area contributed by atoms with E-state index < -0.39 is 17.4 Å². The highest BCUT2D eigenvalue weighted by molar-refractivity contribution is 14.1. The van der Waals surface area contributed by atoms with E-state index in [0.29, 0.717) is 17.3 Å². The predicted molar refractivity (Wildman–Crippen MR) is 127 cm³/mol. The molecule has 0 bridgehead atoms. The third-order valence-corrected chi connectivity index (χ3v) is 6.24. The van der Waals surface area contributed by atoms with Crippen LogP contribution in [0.4, 0.5) is 5.95 Å². The molecule has 10 heteroatoms. The van der Waals surface area contributed by atoms with Crippen LogP contribution in [-0.2, 0) is 13.6 Å². The molecule has 166 valence electrons. The number of aryl methyl sites for hydroxylation is 1. The molecule has 2 N–H and O–H groups in total. The van der Waals surface area contributed by atoms with Crippen LogP contribution < -0.4 is 20.9 Å². The molecule has 0 spiro atoms. The Bertz CT molecular complexity index is 1160. The van der Waals surface area contributed by atoms with Crippen molar-refractivity contribution in [3.05, 3.63) is 48.7 Å². The number of anilines is 1. The van der Waals surface area contributed by atoms with Gasteiger partial charge in [-0.3, -0.25) is 14.3 Å². The Morgan fingerprint density at radius 1 is 1.16 bits per heavy atom. The summed E-state index contributed by atoms with van der Waals surface area (Å²) in [6.45, 7) is 1.85. The third kappa shape index (κ3) is 4.79. The summed E-state index contributed by atoms with van der Waals surface area (Å²) in [5.74, 6) is 1.28. The first kappa shape index (κ1) is 21.9. The van der Waals surface area contributed by atoms with E-state index in [1.165, 1.54) is 4.57 Å². The topological polar surface area (TPSA) is 105 Å². The number of aliphatic hydroxyl groups excluding tert-OH is 1. The second-order valence-electron chi connectivity index (χ2n) is 7.83. The van der Waals surface area contributed by atoms with Gasteiger partial charge < -0.3 is 19.3 Å². The fourth-order valence-electron chi connectivity index (χ4n) is 3.89. The van der Waals surface area contributed by atoms with Crippen molar-refractivity contribution in [3.63, 3.8) is 0 Å². The summed E-state index contributed by atoms with van der Waals surface area (Å²) >= 11 is 2.22. The zero-order valence-electron chi connectivity index (χ0n) is 17.4. The molecule has 3 heterocycles. The van der Waals surface area contributed by atoms with Gasteiger partial charge in [-0.2, -0.15) is 4.98 Å². The molecule has 1 aromatic carbocycles. The molecule has 0 saturated carbocycles. The maximum Gasteiger partial charge on any atom is 0.329 e. The van der Waals surface area contributed by atoms with Crippen molar-refractivity contribution in [2.75, 3.05) is 24.6 Å². The van der Waals surface area contributed by atoms with Gasteiger partial charge in [-0.05, 0) is 59.7 Å². The molecular formula is C21H26IN5O4. The van der Waals surface area contributed by atoms with Gasteiger partial charge in [0, 0.05) is 23.7 Å². The summed E-state index contributed by atoms with van der Waals surface area (Å²) in [5.41, 5.74) is -0.405. The number of aliphatic hydroxyl groups is 1. The number of benzene rings is 1. The number of aromatic nitrogens is 4. The molecule has 31 heavy (non-hydrogen) atoms. The number of aromatic amines is 1. The average molecular weight is 539 g/mol. The van der Waals surface area contributed by atoms with Crippen LogP contribution in [0, 0.1) is 3.57 Å². The van der Waals surface area contributed by atoms with Crippen molar-refractivity contribution in [2.24, 2.45) is 7.05 Å². The number of ether oxygens (including phenoxy) is 1. The van der Waals surface area contributed by atoms with E-state index in [1.54, 1.807) is 11.6 Å². The number of H-pyrrole nitrogens is 1. The van der Waals surface area contributed by atoms with Gasteiger partial charge >= 0.3 is 5.69 Å². The molecule has 2 aromatic heterocycles. The molecule has 0 amide bonds. The van der Waals surface area contributed by atoms with Crippen molar-refractivity contribution >= 4 is 39.7 Å². The molecule has 1 fully saturated rings. The van der Waals surface area contributed by atoms with Crippen molar-refractivity contribution in [2.45, 2.75) is 38.3 Å². The van der Waals surface area contributed by atoms with Gasteiger partial charge in [-0.15, -0.1) is 0 Å². The molecule has 1 aliphatic heterocycles. The van der Waals surface area contributed by atoms with Crippen LogP contribution in [0.1, 0.15) is 25.7 Å². The van der Waals surface area contributed by atoms with Crippen LogP contribution in [0.5, 0.6) is 5.75 Å². The van der Waals surface area contributed by atoms with Gasteiger partial charge in [0.05, 0.1) is 6.54 Å². The molecule has 0 radical (unpaired) electrons. The minimum Gasteiger partial charge on any atom is -0.491 e. The second-order valence-corrected chi connectivity index (χ2v) is 9.08. The highest BCUT2D eigenvalue weighted by Crippen LogP contribution is 2.23. The van der Waals surface area contributed by atoms with Crippen molar-refractivity contribution in [3.8, 4) is 5.75 Å². The molecule has 9 nitrogen and oxygen atoms in total. The Balaban J connectivity index is 1.66. The molecule has 1 unspecified atom stereocenters. The van der Waals surface area contributed by atoms with Crippen LogP contribution in [-0.4, -0.2) is 50.0 Å². The van der Waals surface area contributed by atoms with E-state index in [9.17, 15) is 14.7 Å². The van der Waals surface area contributed by atoms with Crippen molar-refractivity contribution in [1.82, 2.24) is 19.1 Å². The quantitative estimate of drug-likeness (QED) is 0.464. The van der Waals surface area contributed by atoms with Crippen molar-refractivity contribution < 1.29 is 9.84 Å². The average Bonchev–Trinajstić information content (AvgIpc) is 2.93. The lowest BCUT2D eigenvalue weighted by Gasteiger charge is -2.23. The lowest BCUT2D eigenvalue weighted by atomic mass is 10.2. The molecule has 1 atom stereocenters. The second kappa shape index (κ2) is 9.43. The monoisotopic (exact) mass is 539 g/mol. The smallest absolute Gasteiger partial charge is 0.329 e. The summed E-state index contributed by atoms with van der Waals surface area (Å²) in [4.78, 5) is 33.9. The SMILES string of the molecule is Cn1c(=O)[nH]c(=O)c2c1nc(N1CCCCCC1)n2CC(O)COc1ccc(I)cc1. The maximum absolute atomic E-state index is 12.7. The summed E-state index contributed by atoms with van der Waals surface area (Å²) in [5, 5.41) is 10.7. The number of imidazole rings is 1. The maximum atomic E-state index is 12.7. The molecule has 0 aliphatic carbocycles. The summed E-state index contributed by atoms with van der Waals surface area (Å²) in [7, 11) is 1.58. The van der Waals surface area contributed by atoms with E-state index >= 15 is 0 Å². The molecule has 1 saturated heterocycles. The molecule has 4 rings (SSSR count). The first-order valence-electron chi connectivity index (χ1n) is 10.4. The molecule has 3 aromatic rings. The van der Waals surface area contributed by atoms with E-state index in [1.807, 2.05) is 24.3 Å². The normalized spacial score (nSPS) is 15.8. The van der Waals surface area contributed by atoms with E-state index in [2.05, 4.69) is 37.5 Å². The fourth-order valence-corrected chi connectivity index (χ4v) is 4.25. The Hall–Kier alpha value is -2.34. The van der Waals surface area contributed by atoms with Crippen LogP contribution >= 0.6 is 22.6 Å². The van der Waals surface area contributed by atoms with Gasteiger partial charge in [0.25, 0.3) is 5.56 Å². The molecule has 1 aliphatic rings. The number of nitrogens with one attached hydrogen (secondary N) is 1. The third-order valence-electron chi connectivity index (χ3n) is 5.53. The summed E-state index contributed by atoms with van der Waals surface area (Å²) < 4.78 is 9.88. The number of halogens is 1. The first-order valence-corrected chi connectivity index (χ1v) is 11.5. The van der Waals surface area contributed by atoms with Crippen LogP contribution in [0.25, 0.3) is 11.2 Å². The number of hydrogen-bond donors (Lipinski definition) is 2. The minimum atomic E-state index is -0.862. The van der Waals surface area contributed by atoms with Gasteiger partial charge in [0.1, 0.15) is 18.5 Å². The van der Waals surface area contributed by atoms with Crippen LogP contribution in [0.15, 0.2) is 33.9 Å². The van der Waals surface area contributed by atoms with Crippen molar-refractivity contribution in [1.29, 1.82) is 0 Å². The van der Waals surface area contributed by atoms with Crippen LogP contribution in [0.2, 0.25) is 0 Å². The minimum absolute atomic E-state index is 0.0728. The van der Waals surface area contributed by atoms with E-state index in [4.69, 9.17) is 4.74 Å². The Morgan fingerprint density at radius 2 is 1.84 bits per heavy atom. The first-order chi connectivity index (χ1) is 14.9. The predicted octanol–water partition coefficient (Wildman–Crippen LogP) is 1.85. The lowest BCUT2D eigenvalue weighted by molar-refractivity contribution is 0.0936. The summed E-state index contributed by atoms with van der Waals surface area (Å²) in [6, 6.07) is 7.57. The zero-order valence-corrected chi connectivity index (χ0v) is 19.5. The standard InChI is InChI=1S/C21H26IN5O4/c1-25-18-17(19(29)24-21(25)30)27(20(23-18)26-10-4-2-3-5-11-26)12-15(28)13-31-16-8-6-14(22)7-9-16/h6-9,15,28H,2-5,10-13H2,1H3,(H,24,29,30). The highest BCUT2D eigenvalue weighted by Gasteiger charge is 2.24. The van der Waals surface area contributed by atoms with Gasteiger partial charge in [0.2, 0.25) is 5.95 Å². The lowest BCUT2D eigenvalue weighted by Crippen LogP contribution is -2.32. The Morgan fingerprint density at radius 3 is 2.52 bits per heavy atom. The number of rotatable bonds is 6. The molecular weight excluding hydrogens is 513 g/mol. The summed E-state index contributed by atoms with van der Waals surface area (Å²) in [6.07, 6.45) is 3.53. The number of hydrogen-bond acceptors (Lipinski definition) is 6. The number of nitrogens with zero attached hydrogens (tertiary/aromatic N) is 4. The van der Waals surface area contributed by atoms with Gasteiger partial charge in [0.15, 0.2) is 11.2 Å². The Labute approximate surface area is 192 Å². The number of fused-ring (bicyclic) bond motifs is 1. The van der Waals surface area contributed by atoms with Gasteiger partial charge in [-0.25, -0.2) is 4.79 Å². The van der Waals surface area contributed by atoms with Gasteiger partial charge in [-0.1, -0.05) is 12.8 Å². The zero-order chi connectivity index (χ0) is 22.0. The largest absolute Gasteiger partial charge is 0.491 e. The van der Waals surface area contributed by atoms with Crippen LogP contribution in [0.3, 0.4) is 0 Å². The van der Waals surface area contributed by atoms with E-state index in [-0.39, 0.29) is 18.7 Å². The fraction of sp³-hybridized carbons (Fsp3) is 0.476.